The number of hydrogen-bond acceptors (Lipinski definition) is 4. The van der Waals surface area contributed by atoms with Crippen molar-refractivity contribution in [3.05, 3.63) is 194 Å². The van der Waals surface area contributed by atoms with Crippen molar-refractivity contribution in [2.24, 2.45) is 0 Å². The van der Waals surface area contributed by atoms with Gasteiger partial charge in [-0.25, -0.2) is 15.0 Å². The molecule has 58 heavy (non-hydrogen) atoms. The van der Waals surface area contributed by atoms with Gasteiger partial charge in [0.05, 0.1) is 22.3 Å². The lowest BCUT2D eigenvalue weighted by Gasteiger charge is -2.16. The van der Waals surface area contributed by atoms with Crippen LogP contribution in [0.15, 0.2) is 199 Å². The van der Waals surface area contributed by atoms with Gasteiger partial charge in [-0.2, -0.15) is 0 Å². The van der Waals surface area contributed by atoms with Crippen molar-refractivity contribution in [2.45, 2.75) is 0 Å². The maximum Gasteiger partial charge on any atom is 0.166 e. The molecule has 0 spiro atoms. The maximum atomic E-state index is 6.58. The summed E-state index contributed by atoms with van der Waals surface area (Å²) in [6.07, 6.45) is 0. The van der Waals surface area contributed by atoms with Crippen molar-refractivity contribution in [3.63, 3.8) is 0 Å². The minimum absolute atomic E-state index is 0.567. The molecule has 0 bridgehead atoms. The van der Waals surface area contributed by atoms with Crippen LogP contribution in [0.5, 0.6) is 0 Å². The topological polar surface area (TPSA) is 56.7 Å². The molecule has 9 aromatic carbocycles. The first-order valence-corrected chi connectivity index (χ1v) is 19.5. The predicted molar refractivity (Wildman–Crippen MR) is 238 cm³/mol. The molecule has 0 unspecified atom stereocenters. The van der Waals surface area contributed by atoms with Gasteiger partial charge in [0.2, 0.25) is 0 Å². The minimum Gasteiger partial charge on any atom is -0.456 e. The van der Waals surface area contributed by atoms with E-state index < -0.39 is 0 Å². The summed E-state index contributed by atoms with van der Waals surface area (Å²) in [5.41, 5.74) is 9.66. The fraction of sp³-hybridized carbons (Fsp3) is 0. The molecule has 3 aromatic heterocycles. The Kier molecular flexibility index (Phi) is 7.16. The Morgan fingerprint density at radius 2 is 0.966 bits per heavy atom. The summed E-state index contributed by atoms with van der Waals surface area (Å²) in [5, 5.41) is 8.98. The van der Waals surface area contributed by atoms with Crippen LogP contribution in [-0.4, -0.2) is 19.5 Å². The Hall–Kier alpha value is -7.89. The monoisotopic (exact) mass is 740 g/mol. The van der Waals surface area contributed by atoms with E-state index in [9.17, 15) is 0 Å². The van der Waals surface area contributed by atoms with Gasteiger partial charge in [-0.05, 0) is 81.2 Å². The zero-order chi connectivity index (χ0) is 38.2. The summed E-state index contributed by atoms with van der Waals surface area (Å²) >= 11 is 0. The van der Waals surface area contributed by atoms with E-state index in [1.165, 1.54) is 21.5 Å². The van der Waals surface area contributed by atoms with Gasteiger partial charge in [0, 0.05) is 32.7 Å². The van der Waals surface area contributed by atoms with Crippen LogP contribution in [0.3, 0.4) is 0 Å². The first-order chi connectivity index (χ1) is 28.7. The van der Waals surface area contributed by atoms with Gasteiger partial charge in [0.25, 0.3) is 0 Å². The molecular weight excluding hydrogens is 709 g/mol. The molecule has 5 nitrogen and oxygen atoms in total. The summed E-state index contributed by atoms with van der Waals surface area (Å²) in [7, 11) is 0. The molecule has 0 radical (unpaired) electrons. The lowest BCUT2D eigenvalue weighted by Crippen LogP contribution is -2.04. The van der Waals surface area contributed by atoms with Crippen molar-refractivity contribution in [2.75, 3.05) is 0 Å². The van der Waals surface area contributed by atoms with Crippen LogP contribution in [0, 0.1) is 0 Å². The first kappa shape index (κ1) is 32.4. The average molecular weight is 741 g/mol. The van der Waals surface area contributed by atoms with Crippen LogP contribution in [0.2, 0.25) is 0 Å². The SMILES string of the molecule is c1ccc(-c2cccc(-c3nc(-c4ccc5ccccc5c4)nc(-c4c(-n5c6ccccc6c6cc7ccccc7cc65)ccc5oc6ccccc6c45)n3)c2)cc1. The van der Waals surface area contributed by atoms with Gasteiger partial charge in [0.15, 0.2) is 17.5 Å². The summed E-state index contributed by atoms with van der Waals surface area (Å²) in [4.78, 5) is 16.1. The highest BCUT2D eigenvalue weighted by Crippen LogP contribution is 2.44. The number of nitrogens with zero attached hydrogens (tertiary/aromatic N) is 4. The van der Waals surface area contributed by atoms with Crippen LogP contribution in [0.4, 0.5) is 0 Å². The molecule has 0 amide bonds. The van der Waals surface area contributed by atoms with E-state index in [4.69, 9.17) is 19.4 Å². The quantitative estimate of drug-likeness (QED) is 0.176. The summed E-state index contributed by atoms with van der Waals surface area (Å²) < 4.78 is 8.96. The average Bonchev–Trinajstić information content (AvgIpc) is 3.83. The standard InChI is InChI=1S/C53H32N4O/c1-2-13-33(14-3-1)36-19-12-20-39(29-36)51-54-52(40-26-25-34-15-4-5-16-35(34)30-40)56-53(55-51)50-45(27-28-48-49(50)42-22-9-11-24-47(42)58-48)57-44-23-10-8-21-41(44)43-31-37-17-6-7-18-38(37)32-46(43)57/h1-32H. The van der Waals surface area contributed by atoms with E-state index in [2.05, 4.69) is 180 Å². The fourth-order valence-corrected chi connectivity index (χ4v) is 8.68. The Labute approximate surface area is 333 Å². The van der Waals surface area contributed by atoms with Gasteiger partial charge >= 0.3 is 0 Å². The largest absolute Gasteiger partial charge is 0.456 e. The summed E-state index contributed by atoms with van der Waals surface area (Å²) in [6.45, 7) is 0. The van der Waals surface area contributed by atoms with Crippen molar-refractivity contribution in [1.29, 1.82) is 0 Å². The number of hydrogen-bond donors (Lipinski definition) is 0. The highest BCUT2D eigenvalue weighted by atomic mass is 16.3. The Morgan fingerprint density at radius 3 is 1.79 bits per heavy atom. The van der Waals surface area contributed by atoms with E-state index in [1.807, 2.05) is 18.2 Å². The zero-order valence-electron chi connectivity index (χ0n) is 31.2. The summed E-state index contributed by atoms with van der Waals surface area (Å²) in [6, 6.07) is 68.0. The third-order valence-corrected chi connectivity index (χ3v) is 11.4. The number of para-hydroxylation sites is 2. The van der Waals surface area contributed by atoms with Gasteiger partial charge in [-0.1, -0.05) is 146 Å². The second-order valence-corrected chi connectivity index (χ2v) is 14.8. The Bertz CT molecular complexity index is 3580. The molecule has 0 fully saturated rings. The van der Waals surface area contributed by atoms with E-state index in [0.717, 1.165) is 77.2 Å². The van der Waals surface area contributed by atoms with E-state index in [-0.39, 0.29) is 0 Å². The molecule has 0 aliphatic rings. The van der Waals surface area contributed by atoms with Crippen LogP contribution in [0.1, 0.15) is 0 Å². The number of benzene rings is 9. The number of furan rings is 1. The van der Waals surface area contributed by atoms with Crippen molar-refractivity contribution < 1.29 is 4.42 Å². The number of aromatic nitrogens is 4. The highest BCUT2D eigenvalue weighted by molar-refractivity contribution is 6.17. The molecule has 0 N–H and O–H groups in total. The van der Waals surface area contributed by atoms with E-state index in [0.29, 0.717) is 17.5 Å². The second-order valence-electron chi connectivity index (χ2n) is 14.8. The molecule has 0 atom stereocenters. The Morgan fingerprint density at radius 1 is 0.345 bits per heavy atom. The van der Waals surface area contributed by atoms with Crippen LogP contribution < -0.4 is 0 Å². The molecule has 5 heteroatoms. The molecule has 270 valence electrons. The second kappa shape index (κ2) is 12.8. The molecule has 0 aliphatic heterocycles. The molecule has 0 saturated heterocycles. The smallest absolute Gasteiger partial charge is 0.166 e. The van der Waals surface area contributed by atoms with Crippen LogP contribution in [-0.2, 0) is 0 Å². The maximum absolute atomic E-state index is 6.58. The lowest BCUT2D eigenvalue weighted by molar-refractivity contribution is 0.669. The van der Waals surface area contributed by atoms with Gasteiger partial charge < -0.3 is 8.98 Å². The van der Waals surface area contributed by atoms with E-state index in [1.54, 1.807) is 0 Å². The van der Waals surface area contributed by atoms with E-state index >= 15 is 0 Å². The molecule has 12 aromatic rings. The van der Waals surface area contributed by atoms with Gasteiger partial charge in [-0.15, -0.1) is 0 Å². The van der Waals surface area contributed by atoms with Crippen LogP contribution >= 0.6 is 0 Å². The predicted octanol–water partition coefficient (Wildman–Crippen LogP) is 13.8. The fourth-order valence-electron chi connectivity index (χ4n) is 8.68. The van der Waals surface area contributed by atoms with Crippen molar-refractivity contribution >= 4 is 65.3 Å². The number of fused-ring (bicyclic) bond motifs is 8. The normalized spacial score (nSPS) is 11.8. The molecule has 0 aliphatic carbocycles. The summed E-state index contributed by atoms with van der Waals surface area (Å²) in [5.74, 6) is 1.76. The minimum atomic E-state index is 0.567. The number of rotatable bonds is 5. The zero-order valence-corrected chi connectivity index (χ0v) is 31.2. The van der Waals surface area contributed by atoms with Gasteiger partial charge in [0.1, 0.15) is 11.2 Å². The van der Waals surface area contributed by atoms with Crippen molar-refractivity contribution in [3.8, 4) is 51.0 Å². The third kappa shape index (κ3) is 5.14. The molecule has 0 saturated carbocycles. The first-order valence-electron chi connectivity index (χ1n) is 19.5. The molecule has 12 rings (SSSR count). The lowest BCUT2D eigenvalue weighted by atomic mass is 10.0. The molecular formula is C53H32N4O. The molecule has 3 heterocycles. The highest BCUT2D eigenvalue weighted by Gasteiger charge is 2.24. The van der Waals surface area contributed by atoms with Crippen molar-refractivity contribution in [1.82, 2.24) is 19.5 Å². The third-order valence-electron chi connectivity index (χ3n) is 11.4. The van der Waals surface area contributed by atoms with Gasteiger partial charge in [-0.3, -0.25) is 0 Å². The van der Waals surface area contributed by atoms with Crippen LogP contribution in [0.25, 0.3) is 116 Å². The Balaban J connectivity index is 1.20.